The molecule has 0 saturated heterocycles. The lowest BCUT2D eigenvalue weighted by atomic mass is 10.1. The zero-order chi connectivity index (χ0) is 16.7. The number of amides is 1. The molecule has 1 amide bonds. The first-order valence-electron chi connectivity index (χ1n) is 7.29. The molecule has 1 aliphatic rings. The maximum atomic E-state index is 12.1. The fourth-order valence-electron chi connectivity index (χ4n) is 2.61. The molecule has 1 aromatic carbocycles. The van der Waals surface area contributed by atoms with Gasteiger partial charge in [-0.1, -0.05) is 11.6 Å². The molecule has 3 N–H and O–H groups in total. The fraction of sp³-hybridized carbons (Fsp3) is 0.125. The van der Waals surface area contributed by atoms with Crippen LogP contribution in [0.15, 0.2) is 35.3 Å². The van der Waals surface area contributed by atoms with Crippen LogP contribution in [-0.4, -0.2) is 20.9 Å². The second-order valence-electron chi connectivity index (χ2n) is 5.50. The quantitative estimate of drug-likeness (QED) is 0.677. The van der Waals surface area contributed by atoms with Gasteiger partial charge in [0.1, 0.15) is 5.82 Å². The van der Waals surface area contributed by atoms with Gasteiger partial charge in [-0.3, -0.25) is 9.59 Å². The van der Waals surface area contributed by atoms with E-state index in [9.17, 15) is 9.59 Å². The number of pyridine rings is 1. The highest BCUT2D eigenvalue weighted by Gasteiger charge is 2.19. The van der Waals surface area contributed by atoms with Gasteiger partial charge < -0.3 is 15.6 Å². The number of carbonyl (C=O) groups is 1. The Morgan fingerprint density at radius 3 is 3.00 bits per heavy atom. The van der Waals surface area contributed by atoms with Crippen LogP contribution < -0.4 is 16.2 Å². The molecule has 0 atom stereocenters. The number of H-pyrrole nitrogens is 1. The van der Waals surface area contributed by atoms with Crippen LogP contribution in [0.2, 0.25) is 5.02 Å². The Balaban J connectivity index is 1.59. The third kappa shape index (κ3) is 2.69. The van der Waals surface area contributed by atoms with E-state index in [-0.39, 0.29) is 18.0 Å². The number of aromatic nitrogens is 3. The molecular weight excluding hydrogens is 330 g/mol. The van der Waals surface area contributed by atoms with Crippen LogP contribution in [0, 0.1) is 0 Å². The van der Waals surface area contributed by atoms with Crippen LogP contribution in [-0.2, 0) is 17.8 Å². The van der Waals surface area contributed by atoms with E-state index in [0.717, 1.165) is 16.5 Å². The van der Waals surface area contributed by atoms with Crippen molar-refractivity contribution in [2.45, 2.75) is 13.0 Å². The van der Waals surface area contributed by atoms with E-state index in [1.165, 1.54) is 0 Å². The Hall–Kier alpha value is -2.93. The molecule has 0 saturated carbocycles. The largest absolute Gasteiger partial charge is 0.350 e. The van der Waals surface area contributed by atoms with Crippen LogP contribution in [0.4, 0.5) is 11.8 Å². The minimum Gasteiger partial charge on any atom is -0.350 e. The highest BCUT2D eigenvalue weighted by molar-refractivity contribution is 6.31. The SMILES string of the molecule is O=C1Cc2cnc(NCc3cc4cc(Cl)ccc4[nH]c3=O)nc2N1. The maximum Gasteiger partial charge on any atom is 0.253 e. The van der Waals surface area contributed by atoms with Crippen molar-refractivity contribution in [3.05, 3.63) is 57.0 Å². The lowest BCUT2D eigenvalue weighted by Gasteiger charge is -2.07. The molecule has 3 heterocycles. The number of benzene rings is 1. The normalized spacial score (nSPS) is 13.0. The molecule has 8 heteroatoms. The third-order valence-electron chi connectivity index (χ3n) is 3.79. The molecule has 0 bridgehead atoms. The van der Waals surface area contributed by atoms with Gasteiger partial charge in [-0.05, 0) is 24.3 Å². The molecule has 2 aromatic heterocycles. The number of halogens is 1. The van der Waals surface area contributed by atoms with Crippen LogP contribution in [0.1, 0.15) is 11.1 Å². The summed E-state index contributed by atoms with van der Waals surface area (Å²) >= 11 is 5.99. The van der Waals surface area contributed by atoms with Gasteiger partial charge in [0.15, 0.2) is 0 Å². The van der Waals surface area contributed by atoms with Gasteiger partial charge in [-0.25, -0.2) is 4.98 Å². The summed E-state index contributed by atoms with van der Waals surface area (Å²) in [6.45, 7) is 0.254. The van der Waals surface area contributed by atoms with Crippen molar-refractivity contribution in [1.82, 2.24) is 15.0 Å². The highest BCUT2D eigenvalue weighted by atomic mass is 35.5. The van der Waals surface area contributed by atoms with E-state index in [4.69, 9.17) is 11.6 Å². The number of nitrogens with zero attached hydrogens (tertiary/aromatic N) is 2. The molecule has 4 rings (SSSR count). The minimum atomic E-state index is -0.188. The smallest absolute Gasteiger partial charge is 0.253 e. The molecule has 1 aliphatic heterocycles. The Bertz CT molecular complexity index is 1030. The Morgan fingerprint density at radius 1 is 1.25 bits per heavy atom. The Kier molecular flexibility index (Phi) is 3.42. The number of rotatable bonds is 3. The first kappa shape index (κ1) is 14.6. The van der Waals surface area contributed by atoms with Crippen molar-refractivity contribution >= 4 is 40.2 Å². The minimum absolute atomic E-state index is 0.0979. The van der Waals surface area contributed by atoms with Gasteiger partial charge in [0, 0.05) is 39.8 Å². The van der Waals surface area contributed by atoms with Crippen LogP contribution >= 0.6 is 11.6 Å². The van der Waals surface area contributed by atoms with Gasteiger partial charge in [0.2, 0.25) is 11.9 Å². The zero-order valence-corrected chi connectivity index (χ0v) is 13.1. The van der Waals surface area contributed by atoms with Gasteiger partial charge in [-0.15, -0.1) is 0 Å². The van der Waals surface area contributed by atoms with Crippen molar-refractivity contribution in [1.29, 1.82) is 0 Å². The average Bonchev–Trinajstić information content (AvgIpc) is 2.92. The van der Waals surface area contributed by atoms with Gasteiger partial charge in [-0.2, -0.15) is 4.98 Å². The number of aromatic amines is 1. The van der Waals surface area contributed by atoms with E-state index in [1.54, 1.807) is 30.5 Å². The number of fused-ring (bicyclic) bond motifs is 2. The molecule has 0 radical (unpaired) electrons. The second-order valence-corrected chi connectivity index (χ2v) is 5.94. The van der Waals surface area contributed by atoms with Crippen molar-refractivity contribution in [2.24, 2.45) is 0 Å². The second kappa shape index (κ2) is 5.61. The monoisotopic (exact) mass is 341 g/mol. The molecule has 120 valence electrons. The third-order valence-corrected chi connectivity index (χ3v) is 4.03. The first-order valence-corrected chi connectivity index (χ1v) is 7.67. The summed E-state index contributed by atoms with van der Waals surface area (Å²) in [7, 11) is 0. The molecule has 3 aromatic rings. The number of hydrogen-bond acceptors (Lipinski definition) is 5. The molecule has 24 heavy (non-hydrogen) atoms. The van der Waals surface area contributed by atoms with Crippen LogP contribution in [0.5, 0.6) is 0 Å². The number of carbonyl (C=O) groups excluding carboxylic acids is 1. The molecule has 0 unspecified atom stereocenters. The summed E-state index contributed by atoms with van der Waals surface area (Å²) in [6, 6.07) is 7.06. The van der Waals surface area contributed by atoms with Gasteiger partial charge >= 0.3 is 0 Å². The number of anilines is 2. The predicted octanol–water partition coefficient (Wildman–Crippen LogP) is 2.08. The summed E-state index contributed by atoms with van der Waals surface area (Å²) in [5, 5.41) is 7.12. The van der Waals surface area contributed by atoms with E-state index in [0.29, 0.717) is 28.8 Å². The summed E-state index contributed by atoms with van der Waals surface area (Å²) < 4.78 is 0. The zero-order valence-electron chi connectivity index (χ0n) is 12.4. The van der Waals surface area contributed by atoms with Gasteiger partial charge in [0.05, 0.1) is 6.42 Å². The van der Waals surface area contributed by atoms with Crippen molar-refractivity contribution in [3.8, 4) is 0 Å². The maximum absolute atomic E-state index is 12.1. The summed E-state index contributed by atoms with van der Waals surface area (Å²) in [6.07, 6.45) is 1.90. The first-order chi connectivity index (χ1) is 11.6. The lowest BCUT2D eigenvalue weighted by Crippen LogP contribution is -2.16. The van der Waals surface area contributed by atoms with E-state index in [1.807, 2.05) is 0 Å². The Labute approximate surface area is 141 Å². The van der Waals surface area contributed by atoms with Crippen molar-refractivity contribution in [3.63, 3.8) is 0 Å². The van der Waals surface area contributed by atoms with Crippen molar-refractivity contribution in [2.75, 3.05) is 10.6 Å². The average molecular weight is 342 g/mol. The topological polar surface area (TPSA) is 99.8 Å². The van der Waals surface area contributed by atoms with E-state index < -0.39 is 0 Å². The molecule has 0 fully saturated rings. The lowest BCUT2D eigenvalue weighted by molar-refractivity contribution is -0.115. The van der Waals surface area contributed by atoms with E-state index >= 15 is 0 Å². The molecular formula is C16H12ClN5O2. The van der Waals surface area contributed by atoms with E-state index in [2.05, 4.69) is 25.6 Å². The standard InChI is InChI=1S/C16H12ClN5O2/c17-11-1-2-12-8(4-11)3-10(15(24)20-12)7-19-16-18-6-9-5-13(23)21-14(9)22-16/h1-4,6H,5,7H2,(H,20,24)(H2,18,19,21,22,23). The molecule has 0 aliphatic carbocycles. The number of hydrogen-bond donors (Lipinski definition) is 3. The van der Waals surface area contributed by atoms with Crippen molar-refractivity contribution < 1.29 is 4.79 Å². The predicted molar refractivity (Wildman–Crippen MR) is 91.3 cm³/mol. The molecule has 0 spiro atoms. The summed E-state index contributed by atoms with van der Waals surface area (Å²) in [5.74, 6) is 0.762. The Morgan fingerprint density at radius 2 is 2.12 bits per heavy atom. The van der Waals surface area contributed by atoms with Crippen LogP contribution in [0.25, 0.3) is 10.9 Å². The van der Waals surface area contributed by atoms with Crippen LogP contribution in [0.3, 0.4) is 0 Å². The fourth-order valence-corrected chi connectivity index (χ4v) is 2.79. The number of nitrogens with one attached hydrogen (secondary N) is 3. The summed E-state index contributed by atoms with van der Waals surface area (Å²) in [4.78, 5) is 34.7. The highest BCUT2D eigenvalue weighted by Crippen LogP contribution is 2.21. The van der Waals surface area contributed by atoms with Gasteiger partial charge in [0.25, 0.3) is 5.56 Å². The molecule has 7 nitrogen and oxygen atoms in total. The summed E-state index contributed by atoms with van der Waals surface area (Å²) in [5.41, 5.74) is 1.85.